The van der Waals surface area contributed by atoms with Crippen molar-refractivity contribution in [3.8, 4) is 0 Å². The Kier molecular flexibility index (Phi) is 0.587. The lowest BCUT2D eigenvalue weighted by atomic mass is 10.5. The molecule has 1 rings (SSSR count). The lowest BCUT2D eigenvalue weighted by Gasteiger charge is -2.26. The molecule has 1 aliphatic heterocycles. The monoisotopic (exact) mass is 84.1 g/mol. The summed E-state index contributed by atoms with van der Waals surface area (Å²) in [6.07, 6.45) is 2.26. The van der Waals surface area contributed by atoms with Crippen molar-refractivity contribution < 1.29 is 0 Å². The maximum Gasteiger partial charge on any atom is 0.120 e. The first-order valence-corrected chi connectivity index (χ1v) is 2.06. The van der Waals surface area contributed by atoms with Gasteiger partial charge in [0.1, 0.15) is 6.17 Å². The van der Waals surface area contributed by atoms with Gasteiger partial charge in [-0.05, 0) is 6.92 Å². The van der Waals surface area contributed by atoms with Crippen LogP contribution in [-0.2, 0) is 0 Å². The fraction of sp³-hybridized carbons (Fsp3) is 0.750. The van der Waals surface area contributed by atoms with E-state index in [1.807, 2.05) is 13.4 Å². The van der Waals surface area contributed by atoms with Gasteiger partial charge in [0.25, 0.3) is 0 Å². The van der Waals surface area contributed by atoms with Gasteiger partial charge in [-0.3, -0.25) is 4.99 Å². The summed E-state index contributed by atoms with van der Waals surface area (Å²) >= 11 is 0. The van der Waals surface area contributed by atoms with Gasteiger partial charge in [0.2, 0.25) is 0 Å². The first-order chi connectivity index (χ1) is 2.80. The molecule has 0 N–H and O–H groups in total. The van der Waals surface area contributed by atoms with Gasteiger partial charge >= 0.3 is 0 Å². The quantitative estimate of drug-likeness (QED) is 0.412. The summed E-state index contributed by atoms with van der Waals surface area (Å²) in [7, 11) is 2.01. The van der Waals surface area contributed by atoms with Gasteiger partial charge in [0, 0.05) is 7.05 Å². The van der Waals surface area contributed by atoms with E-state index >= 15 is 0 Å². The molecular formula is C4H8N2. The molecule has 34 valence electrons. The Hall–Kier alpha value is -0.530. The smallest absolute Gasteiger partial charge is 0.120 e. The van der Waals surface area contributed by atoms with Crippen molar-refractivity contribution in [2.45, 2.75) is 13.1 Å². The molecular weight excluding hydrogens is 76.1 g/mol. The number of rotatable bonds is 0. The van der Waals surface area contributed by atoms with E-state index in [1.165, 1.54) is 0 Å². The zero-order chi connectivity index (χ0) is 4.57. The zero-order valence-electron chi connectivity index (χ0n) is 4.05. The Labute approximate surface area is 37.5 Å². The Morgan fingerprint density at radius 3 is 2.33 bits per heavy atom. The molecule has 0 aromatic rings. The second-order valence-corrected chi connectivity index (χ2v) is 1.56. The highest BCUT2D eigenvalue weighted by atomic mass is 15.3. The van der Waals surface area contributed by atoms with Crippen molar-refractivity contribution in [2.24, 2.45) is 4.99 Å². The van der Waals surface area contributed by atoms with Gasteiger partial charge in [-0.15, -0.1) is 0 Å². The molecule has 0 saturated heterocycles. The van der Waals surface area contributed by atoms with Gasteiger partial charge in [-0.2, -0.15) is 0 Å². The van der Waals surface area contributed by atoms with Crippen molar-refractivity contribution in [3.05, 3.63) is 0 Å². The molecule has 0 aromatic carbocycles. The van der Waals surface area contributed by atoms with Crippen LogP contribution >= 0.6 is 0 Å². The maximum absolute atomic E-state index is 3.95. The third-order valence-electron chi connectivity index (χ3n) is 1.05. The molecule has 0 bridgehead atoms. The standard InChI is InChI=1S/C4H8N2/c1-4-5-3-6(4)2/h3-4H,1-2H3. The molecule has 0 saturated carbocycles. The molecule has 0 amide bonds. The third kappa shape index (κ3) is 0.295. The van der Waals surface area contributed by atoms with Crippen LogP contribution in [0, 0.1) is 0 Å². The first-order valence-electron chi connectivity index (χ1n) is 2.06. The predicted octanol–water partition coefficient (Wildman–Crippen LogP) is 0.306. The second kappa shape index (κ2) is 0.965. The lowest BCUT2D eigenvalue weighted by molar-refractivity contribution is 0.362. The molecule has 1 heterocycles. The molecule has 0 aromatic heterocycles. The van der Waals surface area contributed by atoms with E-state index < -0.39 is 0 Å². The highest BCUT2D eigenvalue weighted by Gasteiger charge is 2.08. The van der Waals surface area contributed by atoms with E-state index in [0.717, 1.165) is 0 Å². The Morgan fingerprint density at radius 2 is 2.33 bits per heavy atom. The number of hydrogen-bond acceptors (Lipinski definition) is 2. The maximum atomic E-state index is 3.95. The van der Waals surface area contributed by atoms with Gasteiger partial charge in [-0.1, -0.05) is 0 Å². The lowest BCUT2D eigenvalue weighted by Crippen LogP contribution is -2.34. The molecule has 1 unspecified atom stereocenters. The van der Waals surface area contributed by atoms with E-state index in [4.69, 9.17) is 0 Å². The summed E-state index contributed by atoms with van der Waals surface area (Å²) in [6, 6.07) is 0. The second-order valence-electron chi connectivity index (χ2n) is 1.56. The summed E-state index contributed by atoms with van der Waals surface area (Å²) < 4.78 is 0. The summed E-state index contributed by atoms with van der Waals surface area (Å²) in [5.74, 6) is 0. The van der Waals surface area contributed by atoms with Gasteiger partial charge < -0.3 is 4.90 Å². The van der Waals surface area contributed by atoms with Crippen LogP contribution in [-0.4, -0.2) is 24.5 Å². The SMILES string of the molecule is CC1N=CN1C. The minimum Gasteiger partial charge on any atom is -0.344 e. The largest absolute Gasteiger partial charge is 0.344 e. The van der Waals surface area contributed by atoms with Crippen molar-refractivity contribution in [2.75, 3.05) is 7.05 Å². The molecule has 0 fully saturated rings. The summed E-state index contributed by atoms with van der Waals surface area (Å²) in [6.45, 7) is 2.06. The van der Waals surface area contributed by atoms with E-state index in [1.54, 1.807) is 0 Å². The van der Waals surface area contributed by atoms with Crippen LogP contribution in [0.1, 0.15) is 6.92 Å². The van der Waals surface area contributed by atoms with Crippen molar-refractivity contribution in [1.29, 1.82) is 0 Å². The zero-order valence-corrected chi connectivity index (χ0v) is 4.05. The van der Waals surface area contributed by atoms with Crippen LogP contribution < -0.4 is 0 Å². The minimum atomic E-state index is 0.435. The Morgan fingerprint density at radius 1 is 1.83 bits per heavy atom. The van der Waals surface area contributed by atoms with Crippen LogP contribution in [0.25, 0.3) is 0 Å². The molecule has 1 aliphatic rings. The van der Waals surface area contributed by atoms with Crippen LogP contribution in [0.3, 0.4) is 0 Å². The van der Waals surface area contributed by atoms with Crippen LogP contribution in [0.4, 0.5) is 0 Å². The molecule has 0 spiro atoms. The summed E-state index contributed by atoms with van der Waals surface area (Å²) in [5.41, 5.74) is 0. The number of hydrogen-bond donors (Lipinski definition) is 0. The average molecular weight is 84.1 g/mol. The van der Waals surface area contributed by atoms with Crippen molar-refractivity contribution in [1.82, 2.24) is 4.90 Å². The van der Waals surface area contributed by atoms with Crippen LogP contribution in [0.5, 0.6) is 0 Å². The minimum absolute atomic E-state index is 0.435. The first kappa shape index (κ1) is 3.65. The molecule has 6 heavy (non-hydrogen) atoms. The molecule has 2 nitrogen and oxygen atoms in total. The van der Waals surface area contributed by atoms with Gasteiger partial charge in [-0.25, -0.2) is 0 Å². The Bertz CT molecular complexity index is 67.6. The number of aliphatic imine (C=N–C) groups is 1. The van der Waals surface area contributed by atoms with Gasteiger partial charge in [0.05, 0.1) is 6.34 Å². The highest BCUT2D eigenvalue weighted by molar-refractivity contribution is 5.60. The molecule has 2 heteroatoms. The predicted molar refractivity (Wildman–Crippen MR) is 25.7 cm³/mol. The highest BCUT2D eigenvalue weighted by Crippen LogP contribution is 2.00. The van der Waals surface area contributed by atoms with Gasteiger partial charge in [0.15, 0.2) is 0 Å². The summed E-state index contributed by atoms with van der Waals surface area (Å²) in [5, 5.41) is 0. The van der Waals surface area contributed by atoms with E-state index in [9.17, 15) is 0 Å². The van der Waals surface area contributed by atoms with Crippen LogP contribution in [0.15, 0.2) is 4.99 Å². The van der Waals surface area contributed by atoms with E-state index in [2.05, 4.69) is 16.8 Å². The fourth-order valence-electron chi connectivity index (χ4n) is 0.333. The van der Waals surface area contributed by atoms with Crippen LogP contribution in [0.2, 0.25) is 0 Å². The molecule has 0 aliphatic carbocycles. The van der Waals surface area contributed by atoms with E-state index in [0.29, 0.717) is 6.17 Å². The van der Waals surface area contributed by atoms with E-state index in [-0.39, 0.29) is 0 Å². The summed E-state index contributed by atoms with van der Waals surface area (Å²) in [4.78, 5) is 6.01. The van der Waals surface area contributed by atoms with Crippen molar-refractivity contribution in [3.63, 3.8) is 0 Å². The molecule has 0 radical (unpaired) electrons. The van der Waals surface area contributed by atoms with Crippen molar-refractivity contribution >= 4 is 6.34 Å². The fourth-order valence-corrected chi connectivity index (χ4v) is 0.333. The number of nitrogens with zero attached hydrogens (tertiary/aromatic N) is 2. The Balaban J connectivity index is 2.45. The topological polar surface area (TPSA) is 15.6 Å². The molecule has 1 atom stereocenters. The normalized spacial score (nSPS) is 30.3. The average Bonchev–Trinajstić information content (AvgIpc) is 1.61. The third-order valence-corrected chi connectivity index (χ3v) is 1.05.